The SMILES string of the molecule is C=CC(=C)CCCCN(c1ccccc1)c1ccccc1.C=CC(=C)CCCCn1c2ccccc2c2ccccc21.C=CC(=C)Cc1ccc(Cn2c3ccccc3c3ccccc32)cc1.C=CC(=C)Cc1ccccc1N(C)C.C=CC(=C)c1ccc(N(C)C)cc1. The lowest BCUT2D eigenvalue weighted by atomic mass is 10.0. The van der Waals surface area contributed by atoms with E-state index < -0.39 is 0 Å². The quantitative estimate of drug-likeness (QED) is 0.0398. The number of unbranched alkanes of at least 4 members (excludes halogenated alkanes) is 2. The molecule has 0 aliphatic carbocycles. The Morgan fingerprint density at radius 1 is 0.351 bits per heavy atom. The first-order valence-electron chi connectivity index (χ1n) is 32.6. The first kappa shape index (κ1) is 70.8. The van der Waals surface area contributed by atoms with E-state index >= 15 is 0 Å². The molecular weight excluding hydrogens is 1140 g/mol. The fourth-order valence-electron chi connectivity index (χ4n) is 11.3. The van der Waals surface area contributed by atoms with Gasteiger partial charge in [0.2, 0.25) is 0 Å². The number of benzene rings is 9. The average Bonchev–Trinajstić information content (AvgIpc) is 1.63. The number of para-hydroxylation sites is 7. The lowest BCUT2D eigenvalue weighted by Gasteiger charge is -2.25. The van der Waals surface area contributed by atoms with E-state index in [9.17, 15) is 0 Å². The third-order valence-electron chi connectivity index (χ3n) is 16.6. The average molecular weight is 1240 g/mol. The summed E-state index contributed by atoms with van der Waals surface area (Å²) in [6, 6.07) is 81.2. The van der Waals surface area contributed by atoms with Crippen LogP contribution in [0.15, 0.2) is 349 Å². The molecule has 5 heteroatoms. The summed E-state index contributed by atoms with van der Waals surface area (Å²) in [5, 5.41) is 5.33. The molecule has 0 saturated heterocycles. The van der Waals surface area contributed by atoms with Crippen molar-refractivity contribution in [3.05, 3.63) is 371 Å². The van der Waals surface area contributed by atoms with E-state index in [1.165, 1.54) is 83.1 Å². The van der Waals surface area contributed by atoms with Gasteiger partial charge >= 0.3 is 0 Å². The van der Waals surface area contributed by atoms with Crippen molar-refractivity contribution in [2.24, 2.45) is 0 Å². The molecule has 0 amide bonds. The van der Waals surface area contributed by atoms with Crippen LogP contribution in [0.25, 0.3) is 49.2 Å². The molecule has 9 aromatic carbocycles. The predicted molar refractivity (Wildman–Crippen MR) is 418 cm³/mol. The van der Waals surface area contributed by atoms with Crippen LogP contribution in [0.3, 0.4) is 0 Å². The van der Waals surface area contributed by atoms with Crippen LogP contribution in [-0.4, -0.2) is 43.9 Å². The first-order valence-corrected chi connectivity index (χ1v) is 32.6. The second-order valence-corrected chi connectivity index (χ2v) is 23.9. The molecule has 94 heavy (non-hydrogen) atoms. The molecular formula is C89H97N5. The molecule has 0 spiro atoms. The largest absolute Gasteiger partial charge is 0.378 e. The summed E-state index contributed by atoms with van der Waals surface area (Å²) >= 11 is 0. The number of aromatic nitrogens is 2. The zero-order chi connectivity index (χ0) is 67.2. The Kier molecular flexibility index (Phi) is 27.9. The Hall–Kier alpha value is -10.6. The van der Waals surface area contributed by atoms with Crippen LogP contribution in [0.5, 0.6) is 0 Å². The van der Waals surface area contributed by atoms with Crippen molar-refractivity contribution in [2.75, 3.05) is 49.4 Å². The highest BCUT2D eigenvalue weighted by atomic mass is 15.1. The smallest absolute Gasteiger partial charge is 0.0494 e. The van der Waals surface area contributed by atoms with Crippen molar-refractivity contribution in [1.82, 2.24) is 9.13 Å². The molecule has 0 unspecified atom stereocenters. The maximum atomic E-state index is 4.00. The Morgan fingerprint density at radius 2 is 0.755 bits per heavy atom. The lowest BCUT2D eigenvalue weighted by Crippen LogP contribution is -2.18. The lowest BCUT2D eigenvalue weighted by molar-refractivity contribution is 0.638. The van der Waals surface area contributed by atoms with E-state index in [2.05, 4.69) is 334 Å². The van der Waals surface area contributed by atoms with E-state index in [-0.39, 0.29) is 0 Å². The van der Waals surface area contributed by atoms with Gasteiger partial charge in [0.1, 0.15) is 0 Å². The van der Waals surface area contributed by atoms with Crippen molar-refractivity contribution in [3.63, 3.8) is 0 Å². The van der Waals surface area contributed by atoms with E-state index in [0.29, 0.717) is 0 Å². The van der Waals surface area contributed by atoms with E-state index in [4.69, 9.17) is 0 Å². The molecule has 0 radical (unpaired) electrons. The standard InChI is InChI=1S/C24H21N.C20H21N.C20H23N.C13H17N.C12H15N/c1-3-18(2)16-19-12-14-20(15-13-19)17-25-23-10-6-4-8-21(23)22-9-5-7-11-24(22)25;1-3-16(2)10-8-9-15-21-19-13-6-4-11-17(19)18-12-5-7-14-20(18)21;1-3-18(2)12-10-11-17-21(19-13-6-4-7-14-19)20-15-8-5-9-16-20;1-5-11(2)10-12-8-6-7-9-13(12)14(3)4;1-5-10(2)11-6-8-12(9-7-11)13(3)4/h3-15H,1-2,16-17H2;3-7,11-14H,1-2,8-10,15H2;3-9,13-16H,1-2,10-12,17H2;5-9H,1-2,10H2,3-4H3;5-9H,1-2H2,3-4H3. The monoisotopic (exact) mass is 1240 g/mol. The fourth-order valence-corrected chi connectivity index (χ4v) is 11.3. The Balaban J connectivity index is 0.000000170. The van der Waals surface area contributed by atoms with Crippen LogP contribution in [0.4, 0.5) is 22.7 Å². The summed E-state index contributed by atoms with van der Waals surface area (Å²) < 4.78 is 4.85. The molecule has 5 nitrogen and oxygen atoms in total. The zero-order valence-corrected chi connectivity index (χ0v) is 56.4. The van der Waals surface area contributed by atoms with Crippen LogP contribution in [-0.2, 0) is 25.9 Å². The highest BCUT2D eigenvalue weighted by molar-refractivity contribution is 6.09. The topological polar surface area (TPSA) is 19.6 Å². The summed E-state index contributed by atoms with van der Waals surface area (Å²) in [4.78, 5) is 6.56. The number of fused-ring (bicyclic) bond motifs is 6. The van der Waals surface area contributed by atoms with Crippen LogP contribution in [0, 0.1) is 0 Å². The number of anilines is 4. The third kappa shape index (κ3) is 20.4. The fraction of sp³-hybridized carbons (Fsp3) is 0.169. The molecule has 0 atom stereocenters. The highest BCUT2D eigenvalue weighted by Crippen LogP contribution is 2.32. The van der Waals surface area contributed by atoms with Gasteiger partial charge in [-0.15, -0.1) is 0 Å². The molecule has 0 aliphatic heterocycles. The number of hydrogen-bond acceptors (Lipinski definition) is 3. The highest BCUT2D eigenvalue weighted by Gasteiger charge is 2.13. The number of rotatable bonds is 26. The van der Waals surface area contributed by atoms with Crippen LogP contribution < -0.4 is 14.7 Å². The molecule has 478 valence electrons. The molecule has 0 N–H and O–H groups in total. The number of allylic oxidation sites excluding steroid dienone is 10. The van der Waals surface area contributed by atoms with Gasteiger partial charge in [0.05, 0.1) is 0 Å². The van der Waals surface area contributed by atoms with Gasteiger partial charge in [0, 0.05) is 114 Å². The minimum atomic E-state index is 0.860. The van der Waals surface area contributed by atoms with Crippen molar-refractivity contribution < 1.29 is 0 Å². The predicted octanol–water partition coefficient (Wildman–Crippen LogP) is 23.6. The first-order chi connectivity index (χ1) is 45.7. The molecule has 0 fully saturated rings. The zero-order valence-electron chi connectivity index (χ0n) is 56.4. The van der Waals surface area contributed by atoms with E-state index in [1.54, 1.807) is 6.08 Å². The Morgan fingerprint density at radius 3 is 1.20 bits per heavy atom. The second-order valence-electron chi connectivity index (χ2n) is 23.9. The summed E-state index contributed by atoms with van der Waals surface area (Å²) in [5.41, 5.74) is 20.5. The molecule has 0 aliphatic rings. The van der Waals surface area contributed by atoms with Crippen LogP contribution in [0.2, 0.25) is 0 Å². The Labute approximate surface area is 563 Å². The van der Waals surface area contributed by atoms with E-state index in [0.717, 1.165) is 104 Å². The van der Waals surface area contributed by atoms with Gasteiger partial charge in [0.15, 0.2) is 0 Å². The summed E-state index contributed by atoms with van der Waals surface area (Å²) in [7, 11) is 8.15. The van der Waals surface area contributed by atoms with Gasteiger partial charge in [-0.05, 0) is 146 Å². The Bertz CT molecular complexity index is 4150. The number of hydrogen-bond donors (Lipinski definition) is 0. The minimum Gasteiger partial charge on any atom is -0.378 e. The summed E-state index contributed by atoms with van der Waals surface area (Å²) in [6.07, 6.45) is 17.5. The molecule has 2 aromatic heterocycles. The summed E-state index contributed by atoms with van der Waals surface area (Å²) in [5.74, 6) is 0. The van der Waals surface area contributed by atoms with Crippen molar-refractivity contribution in [2.45, 2.75) is 64.5 Å². The van der Waals surface area contributed by atoms with Crippen molar-refractivity contribution >= 4 is 71.9 Å². The number of nitrogens with zero attached hydrogens (tertiary/aromatic N) is 5. The third-order valence-corrected chi connectivity index (χ3v) is 16.6. The molecule has 11 aromatic rings. The van der Waals surface area contributed by atoms with E-state index in [1.807, 2.05) is 38.4 Å². The van der Waals surface area contributed by atoms with Gasteiger partial charge in [-0.25, -0.2) is 0 Å². The molecule has 0 saturated carbocycles. The van der Waals surface area contributed by atoms with Gasteiger partial charge in [-0.3, -0.25) is 0 Å². The molecule has 0 bridgehead atoms. The normalized spacial score (nSPS) is 10.4. The van der Waals surface area contributed by atoms with Crippen molar-refractivity contribution in [1.29, 1.82) is 0 Å². The van der Waals surface area contributed by atoms with Gasteiger partial charge in [0.25, 0.3) is 0 Å². The molecule has 2 heterocycles. The van der Waals surface area contributed by atoms with Crippen LogP contribution >= 0.6 is 0 Å². The van der Waals surface area contributed by atoms with Crippen molar-refractivity contribution in [3.8, 4) is 0 Å². The van der Waals surface area contributed by atoms with Gasteiger partial charge < -0.3 is 23.8 Å². The maximum Gasteiger partial charge on any atom is 0.0494 e. The summed E-state index contributed by atoms with van der Waals surface area (Å²) in [6.45, 7) is 41.4. The van der Waals surface area contributed by atoms with Crippen LogP contribution in [0.1, 0.15) is 60.8 Å². The second kappa shape index (κ2) is 37.0. The molecule has 11 rings (SSSR count). The van der Waals surface area contributed by atoms with Gasteiger partial charge in [-0.2, -0.15) is 0 Å². The maximum absolute atomic E-state index is 4.00. The number of aryl methyl sites for hydroxylation is 1. The van der Waals surface area contributed by atoms with Gasteiger partial charge in [-0.1, -0.05) is 282 Å². The minimum absolute atomic E-state index is 0.860.